The lowest BCUT2D eigenvalue weighted by Gasteiger charge is -2.15. The van der Waals surface area contributed by atoms with Gasteiger partial charge in [-0.2, -0.15) is 0 Å². The average molecular weight is 211 g/mol. The van der Waals surface area contributed by atoms with E-state index in [0.29, 0.717) is 5.92 Å². The molecule has 1 aliphatic heterocycles. The van der Waals surface area contributed by atoms with Crippen molar-refractivity contribution >= 4 is 5.97 Å². The first-order valence-electron chi connectivity index (χ1n) is 6.10. The Morgan fingerprint density at radius 3 is 2.53 bits per heavy atom. The molecule has 2 rings (SSSR count). The molecule has 3 heteroatoms. The summed E-state index contributed by atoms with van der Waals surface area (Å²) < 4.78 is 0. The molecule has 0 amide bonds. The van der Waals surface area contributed by atoms with Gasteiger partial charge in [-0.05, 0) is 31.7 Å². The number of rotatable bonds is 3. The van der Waals surface area contributed by atoms with Gasteiger partial charge in [0.15, 0.2) is 0 Å². The van der Waals surface area contributed by atoms with Crippen LogP contribution in [-0.4, -0.2) is 35.6 Å². The minimum Gasteiger partial charge on any atom is -0.480 e. The molecule has 1 saturated heterocycles. The summed E-state index contributed by atoms with van der Waals surface area (Å²) in [6.07, 6.45) is 7.64. The van der Waals surface area contributed by atoms with Gasteiger partial charge in [0.2, 0.25) is 0 Å². The number of carboxylic acid groups (broad SMARTS) is 1. The highest BCUT2D eigenvalue weighted by molar-refractivity contribution is 5.73. The molecule has 0 bridgehead atoms. The lowest BCUT2D eigenvalue weighted by atomic mass is 9.91. The monoisotopic (exact) mass is 211 g/mol. The summed E-state index contributed by atoms with van der Waals surface area (Å²) in [5, 5.41) is 9.02. The van der Waals surface area contributed by atoms with Crippen molar-refractivity contribution in [3.8, 4) is 0 Å². The van der Waals surface area contributed by atoms with Gasteiger partial charge in [0, 0.05) is 6.54 Å². The van der Waals surface area contributed by atoms with E-state index < -0.39 is 5.97 Å². The largest absolute Gasteiger partial charge is 0.480 e. The Balaban J connectivity index is 1.82. The van der Waals surface area contributed by atoms with Gasteiger partial charge in [-0.1, -0.05) is 25.7 Å². The molecule has 1 N–H and O–H groups in total. The molecule has 0 unspecified atom stereocenters. The summed E-state index contributed by atoms with van der Waals surface area (Å²) >= 11 is 0. The molecular weight excluding hydrogens is 190 g/mol. The van der Waals surface area contributed by atoms with Crippen LogP contribution in [0.1, 0.15) is 38.5 Å². The van der Waals surface area contributed by atoms with Gasteiger partial charge in [-0.25, -0.2) is 0 Å². The van der Waals surface area contributed by atoms with Crippen molar-refractivity contribution in [3.05, 3.63) is 0 Å². The second kappa shape index (κ2) is 4.52. The first kappa shape index (κ1) is 10.9. The van der Waals surface area contributed by atoms with Crippen LogP contribution in [0.4, 0.5) is 0 Å². The molecule has 1 aliphatic carbocycles. The van der Waals surface area contributed by atoms with Crippen molar-refractivity contribution in [2.75, 3.05) is 13.6 Å². The van der Waals surface area contributed by atoms with E-state index in [4.69, 9.17) is 5.11 Å². The molecule has 86 valence electrons. The molecule has 0 spiro atoms. The predicted octanol–water partition coefficient (Wildman–Crippen LogP) is 1.97. The Labute approximate surface area is 91.5 Å². The third-order valence-corrected chi connectivity index (χ3v) is 4.06. The quantitative estimate of drug-likeness (QED) is 0.776. The zero-order chi connectivity index (χ0) is 10.8. The smallest absolute Gasteiger partial charge is 0.320 e. The van der Waals surface area contributed by atoms with E-state index in [0.717, 1.165) is 18.9 Å². The van der Waals surface area contributed by atoms with Gasteiger partial charge in [0.25, 0.3) is 0 Å². The minimum absolute atomic E-state index is 0.226. The maximum Gasteiger partial charge on any atom is 0.320 e. The Morgan fingerprint density at radius 1 is 1.33 bits per heavy atom. The van der Waals surface area contributed by atoms with Crippen molar-refractivity contribution in [2.24, 2.45) is 11.8 Å². The van der Waals surface area contributed by atoms with Crippen LogP contribution >= 0.6 is 0 Å². The van der Waals surface area contributed by atoms with E-state index in [1.807, 2.05) is 11.9 Å². The number of likely N-dealkylation sites (tertiary alicyclic amines) is 1. The fourth-order valence-electron chi connectivity index (χ4n) is 3.28. The molecule has 3 nitrogen and oxygen atoms in total. The molecule has 1 saturated carbocycles. The molecule has 1 heterocycles. The predicted molar refractivity (Wildman–Crippen MR) is 58.7 cm³/mol. The maximum absolute atomic E-state index is 11.0. The lowest BCUT2D eigenvalue weighted by Crippen LogP contribution is -2.32. The standard InChI is InChI=1S/C12H21NO2/c1-13-8-10(7-11(13)12(14)15)6-9-4-2-3-5-9/h9-11H,2-8H2,1H3,(H,14,15)/t10-,11+/m1/s1. The van der Waals surface area contributed by atoms with E-state index in [2.05, 4.69) is 0 Å². The average Bonchev–Trinajstić information content (AvgIpc) is 2.75. The molecule has 0 radical (unpaired) electrons. The highest BCUT2D eigenvalue weighted by Gasteiger charge is 2.35. The lowest BCUT2D eigenvalue weighted by molar-refractivity contribution is -0.141. The number of nitrogens with zero attached hydrogens (tertiary/aromatic N) is 1. The second-order valence-corrected chi connectivity index (χ2v) is 5.28. The fraction of sp³-hybridized carbons (Fsp3) is 0.917. The van der Waals surface area contributed by atoms with Crippen LogP contribution < -0.4 is 0 Å². The number of aliphatic carboxylic acids is 1. The summed E-state index contributed by atoms with van der Waals surface area (Å²) in [4.78, 5) is 13.0. The van der Waals surface area contributed by atoms with Crippen LogP contribution in [0.2, 0.25) is 0 Å². The summed E-state index contributed by atoms with van der Waals surface area (Å²) in [7, 11) is 1.94. The SMILES string of the molecule is CN1C[C@H](CC2CCCC2)C[C@H]1C(=O)O. The zero-order valence-corrected chi connectivity index (χ0v) is 9.48. The Bertz CT molecular complexity index is 236. The topological polar surface area (TPSA) is 40.5 Å². The summed E-state index contributed by atoms with van der Waals surface area (Å²) in [6.45, 7) is 0.980. The van der Waals surface area contributed by atoms with Crippen LogP contribution in [0.15, 0.2) is 0 Å². The first-order chi connectivity index (χ1) is 7.16. The van der Waals surface area contributed by atoms with Gasteiger partial charge >= 0.3 is 5.97 Å². The molecule has 0 aromatic heterocycles. The number of carboxylic acids is 1. The minimum atomic E-state index is -0.647. The van der Waals surface area contributed by atoms with Gasteiger partial charge < -0.3 is 5.11 Å². The second-order valence-electron chi connectivity index (χ2n) is 5.28. The summed E-state index contributed by atoms with van der Waals surface area (Å²) in [5.41, 5.74) is 0. The Morgan fingerprint density at radius 2 is 2.00 bits per heavy atom. The molecule has 0 aromatic rings. The molecule has 2 atom stereocenters. The Kier molecular flexibility index (Phi) is 3.29. The molecule has 15 heavy (non-hydrogen) atoms. The van der Waals surface area contributed by atoms with E-state index in [9.17, 15) is 4.79 Å². The van der Waals surface area contributed by atoms with Crippen molar-refractivity contribution in [3.63, 3.8) is 0 Å². The van der Waals surface area contributed by atoms with Crippen molar-refractivity contribution in [1.82, 2.24) is 4.90 Å². The van der Waals surface area contributed by atoms with Crippen LogP contribution in [0.5, 0.6) is 0 Å². The van der Waals surface area contributed by atoms with Crippen LogP contribution in [0, 0.1) is 11.8 Å². The first-order valence-corrected chi connectivity index (χ1v) is 6.10. The zero-order valence-electron chi connectivity index (χ0n) is 9.48. The normalized spacial score (nSPS) is 33.7. The van der Waals surface area contributed by atoms with Crippen molar-refractivity contribution in [1.29, 1.82) is 0 Å². The number of hydrogen-bond acceptors (Lipinski definition) is 2. The van der Waals surface area contributed by atoms with Gasteiger partial charge in [0.1, 0.15) is 6.04 Å². The van der Waals surface area contributed by atoms with Gasteiger partial charge in [-0.3, -0.25) is 9.69 Å². The number of carbonyl (C=O) groups is 1. The molecule has 2 fully saturated rings. The Hall–Kier alpha value is -0.570. The fourth-order valence-corrected chi connectivity index (χ4v) is 3.28. The van der Waals surface area contributed by atoms with Gasteiger partial charge in [-0.15, -0.1) is 0 Å². The maximum atomic E-state index is 11.0. The third-order valence-electron chi connectivity index (χ3n) is 4.06. The third kappa shape index (κ3) is 2.51. The van der Waals surface area contributed by atoms with Crippen LogP contribution in [0.3, 0.4) is 0 Å². The number of likely N-dealkylation sites (N-methyl/N-ethyl adjacent to an activating group) is 1. The van der Waals surface area contributed by atoms with E-state index in [1.165, 1.54) is 32.1 Å². The molecule has 2 aliphatic rings. The summed E-state index contributed by atoms with van der Waals surface area (Å²) in [5.74, 6) is 0.863. The highest BCUT2D eigenvalue weighted by Crippen LogP contribution is 2.34. The van der Waals surface area contributed by atoms with E-state index >= 15 is 0 Å². The van der Waals surface area contributed by atoms with Crippen molar-refractivity contribution < 1.29 is 9.90 Å². The van der Waals surface area contributed by atoms with Gasteiger partial charge in [0.05, 0.1) is 0 Å². The number of hydrogen-bond donors (Lipinski definition) is 1. The van der Waals surface area contributed by atoms with Crippen LogP contribution in [-0.2, 0) is 4.79 Å². The van der Waals surface area contributed by atoms with Crippen LogP contribution in [0.25, 0.3) is 0 Å². The highest BCUT2D eigenvalue weighted by atomic mass is 16.4. The summed E-state index contributed by atoms with van der Waals surface area (Å²) in [6, 6.07) is -0.226. The molecular formula is C12H21NO2. The molecule has 0 aromatic carbocycles. The van der Waals surface area contributed by atoms with E-state index in [1.54, 1.807) is 0 Å². The van der Waals surface area contributed by atoms with Crippen molar-refractivity contribution in [2.45, 2.75) is 44.6 Å². The van der Waals surface area contributed by atoms with E-state index in [-0.39, 0.29) is 6.04 Å².